The molecule has 0 aromatic carbocycles. The average molecular weight is 364 g/mol. The first-order valence-electron chi connectivity index (χ1n) is 8.39. The summed E-state index contributed by atoms with van der Waals surface area (Å²) in [5, 5.41) is 7.08. The maximum Gasteiger partial charge on any atom is 0.259 e. The van der Waals surface area contributed by atoms with E-state index in [-0.39, 0.29) is 12.0 Å². The van der Waals surface area contributed by atoms with Gasteiger partial charge in [-0.05, 0) is 31.7 Å². The van der Waals surface area contributed by atoms with Crippen molar-refractivity contribution in [2.24, 2.45) is 0 Å². The van der Waals surface area contributed by atoms with Crippen molar-refractivity contribution in [2.45, 2.75) is 38.2 Å². The molecule has 1 aliphatic heterocycles. The molecule has 1 saturated heterocycles. The van der Waals surface area contributed by atoms with Crippen molar-refractivity contribution < 1.29 is 18.8 Å². The van der Waals surface area contributed by atoms with Crippen LogP contribution >= 0.6 is 11.6 Å². The molecule has 0 spiro atoms. The minimum Gasteiger partial charge on any atom is -0.471 e. The number of halogens is 1. The van der Waals surface area contributed by atoms with Crippen LogP contribution in [0.5, 0.6) is 5.88 Å². The Bertz CT molecular complexity index is 786. The van der Waals surface area contributed by atoms with E-state index in [0.29, 0.717) is 35.6 Å². The second-order valence-corrected chi connectivity index (χ2v) is 6.62. The van der Waals surface area contributed by atoms with Crippen LogP contribution in [0.2, 0.25) is 5.02 Å². The number of aromatic nitrogens is 2. The molecule has 25 heavy (non-hydrogen) atoms. The van der Waals surface area contributed by atoms with Crippen molar-refractivity contribution in [1.82, 2.24) is 10.1 Å². The first-order valence-corrected chi connectivity index (χ1v) is 8.77. The number of aryl methyl sites for hydroxylation is 1. The molecule has 1 aliphatic carbocycles. The average Bonchev–Trinajstić information content (AvgIpc) is 3.27. The number of hydrogen-bond acceptors (Lipinski definition) is 6. The van der Waals surface area contributed by atoms with Gasteiger partial charge >= 0.3 is 0 Å². The van der Waals surface area contributed by atoms with Crippen molar-refractivity contribution >= 4 is 23.4 Å². The lowest BCUT2D eigenvalue weighted by Gasteiger charge is -2.13. The Labute approximate surface area is 149 Å². The molecule has 2 aromatic rings. The van der Waals surface area contributed by atoms with Gasteiger partial charge in [0.2, 0.25) is 11.8 Å². The van der Waals surface area contributed by atoms with E-state index in [1.54, 1.807) is 0 Å². The molecular weight excluding hydrogens is 346 g/mol. The lowest BCUT2D eigenvalue weighted by Crippen LogP contribution is -2.17. The zero-order valence-corrected chi connectivity index (χ0v) is 14.3. The van der Waals surface area contributed by atoms with E-state index in [9.17, 15) is 4.79 Å². The summed E-state index contributed by atoms with van der Waals surface area (Å²) in [6, 6.07) is 1.54. The number of rotatable bonds is 4. The van der Waals surface area contributed by atoms with Gasteiger partial charge in [-0.1, -0.05) is 16.8 Å². The lowest BCUT2D eigenvalue weighted by molar-refractivity contribution is 0.102. The van der Waals surface area contributed by atoms with Crippen molar-refractivity contribution in [3.05, 3.63) is 34.1 Å². The Balaban J connectivity index is 1.46. The molecule has 132 valence electrons. The maximum atomic E-state index is 12.4. The third kappa shape index (κ3) is 3.48. The minimum atomic E-state index is -0.338. The van der Waals surface area contributed by atoms with Crippen LogP contribution in [0.3, 0.4) is 0 Å². The number of hydrogen-bond donors (Lipinski definition) is 1. The van der Waals surface area contributed by atoms with E-state index in [4.69, 9.17) is 25.6 Å². The van der Waals surface area contributed by atoms with Gasteiger partial charge in [-0.3, -0.25) is 10.1 Å². The van der Waals surface area contributed by atoms with Gasteiger partial charge in [-0.15, -0.1) is 0 Å². The number of pyridine rings is 1. The van der Waals surface area contributed by atoms with Crippen LogP contribution in [0, 0.1) is 0 Å². The number of ether oxygens (including phenoxy) is 2. The summed E-state index contributed by atoms with van der Waals surface area (Å²) in [7, 11) is 0. The van der Waals surface area contributed by atoms with Crippen molar-refractivity contribution in [1.29, 1.82) is 0 Å². The molecule has 3 heterocycles. The number of anilines is 1. The standard InChI is InChI=1S/C17H18ClN3O4/c18-13-7-10(8-19-17(13)24-11-5-6-23-9-11)15(22)20-16-12-3-1-2-4-14(12)21-25-16/h7-8,11H,1-6,9H2,(H,20,22)/t11-/m1/s1. The Hall–Kier alpha value is -2.12. The fourth-order valence-electron chi connectivity index (χ4n) is 3.06. The van der Waals surface area contributed by atoms with E-state index < -0.39 is 0 Å². The molecule has 8 heteroatoms. The van der Waals surface area contributed by atoms with Gasteiger partial charge in [0.1, 0.15) is 11.1 Å². The monoisotopic (exact) mass is 363 g/mol. The van der Waals surface area contributed by atoms with E-state index in [0.717, 1.165) is 43.4 Å². The van der Waals surface area contributed by atoms with E-state index in [1.807, 2.05) is 0 Å². The molecule has 0 unspecified atom stereocenters. The molecule has 1 fully saturated rings. The third-order valence-electron chi connectivity index (χ3n) is 4.42. The zero-order chi connectivity index (χ0) is 17.2. The second-order valence-electron chi connectivity index (χ2n) is 6.21. The molecule has 0 saturated carbocycles. The third-order valence-corrected chi connectivity index (χ3v) is 4.69. The van der Waals surface area contributed by atoms with Crippen LogP contribution in [0.4, 0.5) is 5.88 Å². The minimum absolute atomic E-state index is 0.0506. The Morgan fingerprint density at radius 1 is 1.36 bits per heavy atom. The highest BCUT2D eigenvalue weighted by Crippen LogP contribution is 2.29. The SMILES string of the molecule is O=C(Nc1onc2c1CCCC2)c1cnc(O[C@@H]2CCOC2)c(Cl)c1. The molecule has 2 aromatic heterocycles. The normalized spacial score (nSPS) is 19.5. The summed E-state index contributed by atoms with van der Waals surface area (Å²) in [5.41, 5.74) is 2.25. The predicted molar refractivity (Wildman–Crippen MR) is 90.2 cm³/mol. The van der Waals surface area contributed by atoms with Gasteiger partial charge in [0.25, 0.3) is 5.91 Å². The molecule has 4 rings (SSSR count). The van der Waals surface area contributed by atoms with Gasteiger partial charge in [0, 0.05) is 18.2 Å². The number of amides is 1. The number of carbonyl (C=O) groups is 1. The molecular formula is C17H18ClN3O4. The summed E-state index contributed by atoms with van der Waals surface area (Å²) < 4.78 is 16.2. The first kappa shape index (κ1) is 16.4. The fraction of sp³-hybridized carbons (Fsp3) is 0.471. The Morgan fingerprint density at radius 2 is 2.24 bits per heavy atom. The van der Waals surface area contributed by atoms with Crippen LogP contribution in [0.15, 0.2) is 16.8 Å². The van der Waals surface area contributed by atoms with Gasteiger partial charge in [-0.25, -0.2) is 4.98 Å². The predicted octanol–water partition coefficient (Wildman–Crippen LogP) is 3.02. The summed E-state index contributed by atoms with van der Waals surface area (Å²) in [5.74, 6) is 0.389. The van der Waals surface area contributed by atoms with Crippen molar-refractivity contribution in [3.8, 4) is 5.88 Å². The van der Waals surface area contributed by atoms with Gasteiger partial charge in [0.15, 0.2) is 0 Å². The molecule has 2 aliphatic rings. The Morgan fingerprint density at radius 3 is 3.04 bits per heavy atom. The van der Waals surface area contributed by atoms with Gasteiger partial charge in [0.05, 0.1) is 24.5 Å². The zero-order valence-electron chi connectivity index (χ0n) is 13.6. The number of fused-ring (bicyclic) bond motifs is 1. The van der Waals surface area contributed by atoms with Crippen LogP contribution < -0.4 is 10.1 Å². The quantitative estimate of drug-likeness (QED) is 0.898. The largest absolute Gasteiger partial charge is 0.471 e. The van der Waals surface area contributed by atoms with E-state index >= 15 is 0 Å². The highest BCUT2D eigenvalue weighted by Gasteiger charge is 2.23. The lowest BCUT2D eigenvalue weighted by atomic mass is 9.98. The number of nitrogens with one attached hydrogen (secondary N) is 1. The second kappa shape index (κ2) is 7.01. The molecule has 0 radical (unpaired) electrons. The summed E-state index contributed by atoms with van der Waals surface area (Å²) in [6.07, 6.45) is 6.11. The first-order chi connectivity index (χ1) is 12.2. The molecule has 1 amide bonds. The molecule has 1 atom stereocenters. The molecule has 0 bridgehead atoms. The van der Waals surface area contributed by atoms with Crippen molar-refractivity contribution in [3.63, 3.8) is 0 Å². The van der Waals surface area contributed by atoms with Crippen LogP contribution in [0.1, 0.15) is 40.9 Å². The topological polar surface area (TPSA) is 86.5 Å². The number of nitrogens with zero attached hydrogens (tertiary/aromatic N) is 2. The van der Waals surface area contributed by atoms with Crippen LogP contribution in [0.25, 0.3) is 0 Å². The van der Waals surface area contributed by atoms with Gasteiger partial charge in [-0.2, -0.15) is 0 Å². The fourth-order valence-corrected chi connectivity index (χ4v) is 3.27. The summed E-state index contributed by atoms with van der Waals surface area (Å²) in [6.45, 7) is 1.20. The van der Waals surface area contributed by atoms with Crippen LogP contribution in [-0.2, 0) is 17.6 Å². The summed E-state index contributed by atoms with van der Waals surface area (Å²) >= 11 is 6.21. The molecule has 7 nitrogen and oxygen atoms in total. The van der Waals surface area contributed by atoms with Gasteiger partial charge < -0.3 is 14.0 Å². The van der Waals surface area contributed by atoms with E-state index in [2.05, 4.69) is 15.5 Å². The van der Waals surface area contributed by atoms with Crippen molar-refractivity contribution in [2.75, 3.05) is 18.5 Å². The summed E-state index contributed by atoms with van der Waals surface area (Å²) in [4.78, 5) is 16.6. The maximum absolute atomic E-state index is 12.4. The highest BCUT2D eigenvalue weighted by atomic mass is 35.5. The van der Waals surface area contributed by atoms with Crippen LogP contribution in [-0.4, -0.2) is 35.4 Å². The number of carbonyl (C=O) groups excluding carboxylic acids is 1. The highest BCUT2D eigenvalue weighted by molar-refractivity contribution is 6.32. The Kier molecular flexibility index (Phi) is 4.59. The van der Waals surface area contributed by atoms with E-state index in [1.165, 1.54) is 12.3 Å². The smallest absolute Gasteiger partial charge is 0.259 e. The molecule has 1 N–H and O–H groups in total.